The third-order valence-corrected chi connectivity index (χ3v) is 3.37. The van der Waals surface area contributed by atoms with Crippen molar-refractivity contribution in [2.24, 2.45) is 5.92 Å². The molecule has 0 atom stereocenters. The van der Waals surface area contributed by atoms with E-state index in [4.69, 9.17) is 9.47 Å². The van der Waals surface area contributed by atoms with Crippen molar-refractivity contribution in [3.05, 3.63) is 12.3 Å². The molecule has 1 fully saturated rings. The molecule has 0 aromatic rings. The van der Waals surface area contributed by atoms with Crippen LogP contribution in [0.3, 0.4) is 0 Å². The second-order valence-electron chi connectivity index (χ2n) is 4.95. The summed E-state index contributed by atoms with van der Waals surface area (Å²) in [5, 5.41) is 5.47. The fraction of sp³-hybridized carbons (Fsp3) is 0.800. The van der Waals surface area contributed by atoms with Crippen LogP contribution in [0.15, 0.2) is 12.3 Å². The summed E-state index contributed by atoms with van der Waals surface area (Å²) in [5.74, 6) is 0.614. The summed E-state index contributed by atoms with van der Waals surface area (Å²) in [5.41, 5.74) is 0. The van der Waals surface area contributed by atoms with Crippen molar-refractivity contribution in [1.29, 1.82) is 0 Å². The van der Waals surface area contributed by atoms with E-state index in [1.165, 1.54) is 32.1 Å². The Bertz CT molecular complexity index is 283. The number of carbonyl (C=O) groups is 1. The van der Waals surface area contributed by atoms with Gasteiger partial charge in [0.05, 0.1) is 6.54 Å². The first-order chi connectivity index (χ1) is 9.76. The van der Waals surface area contributed by atoms with Crippen LogP contribution < -0.4 is 10.6 Å². The highest BCUT2D eigenvalue weighted by Crippen LogP contribution is 2.24. The molecule has 2 N–H and O–H groups in total. The van der Waals surface area contributed by atoms with Crippen molar-refractivity contribution in [1.82, 2.24) is 10.6 Å². The molecule has 5 nitrogen and oxygen atoms in total. The summed E-state index contributed by atoms with van der Waals surface area (Å²) in [6, 6.07) is -0.221. The van der Waals surface area contributed by atoms with Gasteiger partial charge in [0.15, 0.2) is 6.29 Å². The van der Waals surface area contributed by atoms with Crippen LogP contribution in [0.25, 0.3) is 0 Å². The van der Waals surface area contributed by atoms with Gasteiger partial charge in [0.1, 0.15) is 0 Å². The average molecular weight is 284 g/mol. The maximum Gasteiger partial charge on any atom is 0.318 e. The SMILES string of the molecule is CCOC(CNC(=O)N/C=C/C1CCCCC1)OCC. The Balaban J connectivity index is 2.16. The minimum atomic E-state index is -0.377. The molecule has 1 saturated carbocycles. The third kappa shape index (κ3) is 7.50. The lowest BCUT2D eigenvalue weighted by Gasteiger charge is -2.18. The molecule has 0 spiro atoms. The second kappa shape index (κ2) is 10.7. The van der Waals surface area contributed by atoms with Crippen LogP contribution in [-0.4, -0.2) is 32.1 Å². The zero-order valence-corrected chi connectivity index (χ0v) is 12.7. The number of urea groups is 1. The van der Waals surface area contributed by atoms with Crippen LogP contribution in [0.2, 0.25) is 0 Å². The lowest BCUT2D eigenvalue weighted by Crippen LogP contribution is -2.39. The van der Waals surface area contributed by atoms with E-state index in [9.17, 15) is 4.79 Å². The molecule has 0 radical (unpaired) electrons. The second-order valence-corrected chi connectivity index (χ2v) is 4.95. The molecule has 2 amide bonds. The molecule has 1 aliphatic carbocycles. The van der Waals surface area contributed by atoms with Crippen LogP contribution in [-0.2, 0) is 9.47 Å². The average Bonchev–Trinajstić information content (AvgIpc) is 2.46. The van der Waals surface area contributed by atoms with Gasteiger partial charge in [0, 0.05) is 19.4 Å². The molecule has 5 heteroatoms. The van der Waals surface area contributed by atoms with Crippen molar-refractivity contribution >= 4 is 6.03 Å². The highest BCUT2D eigenvalue weighted by Gasteiger charge is 2.11. The molecular weight excluding hydrogens is 256 g/mol. The first kappa shape index (κ1) is 17.0. The molecule has 1 rings (SSSR count). The molecule has 0 heterocycles. The van der Waals surface area contributed by atoms with Gasteiger partial charge in [-0.3, -0.25) is 0 Å². The van der Waals surface area contributed by atoms with Crippen molar-refractivity contribution in [2.75, 3.05) is 19.8 Å². The standard InChI is InChI=1S/C15H28N2O3/c1-3-19-14(20-4-2)12-17-15(18)16-11-10-13-8-6-5-7-9-13/h10-11,13-14H,3-9,12H2,1-2H3,(H2,16,17,18)/b11-10+. The van der Waals surface area contributed by atoms with Gasteiger partial charge < -0.3 is 20.1 Å². The molecule has 20 heavy (non-hydrogen) atoms. The van der Waals surface area contributed by atoms with Gasteiger partial charge in [-0.2, -0.15) is 0 Å². The van der Waals surface area contributed by atoms with Gasteiger partial charge in [-0.05, 0) is 32.6 Å². The number of carbonyl (C=O) groups excluding carboxylic acids is 1. The Morgan fingerprint density at radius 3 is 2.45 bits per heavy atom. The van der Waals surface area contributed by atoms with Crippen molar-refractivity contribution in [3.63, 3.8) is 0 Å². The number of rotatable bonds is 8. The Labute approximate surface area is 122 Å². The predicted molar refractivity (Wildman–Crippen MR) is 79.3 cm³/mol. The molecule has 0 aliphatic heterocycles. The fourth-order valence-corrected chi connectivity index (χ4v) is 2.35. The van der Waals surface area contributed by atoms with Crippen molar-refractivity contribution < 1.29 is 14.3 Å². The molecule has 0 unspecified atom stereocenters. The first-order valence-corrected chi connectivity index (χ1v) is 7.70. The van der Waals surface area contributed by atoms with Gasteiger partial charge >= 0.3 is 6.03 Å². The van der Waals surface area contributed by atoms with E-state index in [-0.39, 0.29) is 12.3 Å². The Kier molecular flexibility index (Phi) is 9.07. The van der Waals surface area contributed by atoms with Gasteiger partial charge in [0.25, 0.3) is 0 Å². The summed E-state index contributed by atoms with van der Waals surface area (Å²) in [6.07, 6.45) is 9.87. The highest BCUT2D eigenvalue weighted by atomic mass is 16.7. The molecule has 116 valence electrons. The van der Waals surface area contributed by atoms with Crippen LogP contribution in [0.1, 0.15) is 46.0 Å². The minimum Gasteiger partial charge on any atom is -0.351 e. The lowest BCUT2D eigenvalue weighted by atomic mass is 9.89. The Morgan fingerprint density at radius 1 is 1.20 bits per heavy atom. The van der Waals surface area contributed by atoms with E-state index in [0.29, 0.717) is 25.7 Å². The molecule has 0 bridgehead atoms. The first-order valence-electron chi connectivity index (χ1n) is 7.70. The lowest BCUT2D eigenvalue weighted by molar-refractivity contribution is -0.131. The summed E-state index contributed by atoms with van der Waals surface area (Å²) < 4.78 is 10.7. The van der Waals surface area contributed by atoms with Gasteiger partial charge in [0.2, 0.25) is 0 Å². The fourth-order valence-electron chi connectivity index (χ4n) is 2.35. The molecule has 0 aromatic carbocycles. The van der Waals surface area contributed by atoms with E-state index >= 15 is 0 Å². The molecule has 0 saturated heterocycles. The predicted octanol–water partition coefficient (Wildman–Crippen LogP) is 2.78. The number of ether oxygens (including phenoxy) is 2. The normalized spacial score (nSPS) is 16.8. The van der Waals surface area contributed by atoms with Crippen LogP contribution in [0.4, 0.5) is 4.79 Å². The number of allylic oxidation sites excluding steroid dienone is 1. The van der Waals surface area contributed by atoms with E-state index in [1.54, 1.807) is 6.20 Å². The number of nitrogens with one attached hydrogen (secondary N) is 2. The quantitative estimate of drug-likeness (QED) is 0.674. The van der Waals surface area contributed by atoms with Crippen LogP contribution >= 0.6 is 0 Å². The smallest absolute Gasteiger partial charge is 0.318 e. The van der Waals surface area contributed by atoms with E-state index in [2.05, 4.69) is 16.7 Å². The van der Waals surface area contributed by atoms with E-state index in [1.807, 2.05) is 13.8 Å². The largest absolute Gasteiger partial charge is 0.351 e. The Hall–Kier alpha value is -1.07. The number of hydrogen-bond acceptors (Lipinski definition) is 3. The maximum atomic E-state index is 11.6. The van der Waals surface area contributed by atoms with Crippen molar-refractivity contribution in [3.8, 4) is 0 Å². The van der Waals surface area contributed by atoms with E-state index < -0.39 is 0 Å². The van der Waals surface area contributed by atoms with E-state index in [0.717, 1.165) is 0 Å². The number of amides is 2. The highest BCUT2D eigenvalue weighted by molar-refractivity contribution is 5.74. The maximum absolute atomic E-state index is 11.6. The summed E-state index contributed by atoms with van der Waals surface area (Å²) >= 11 is 0. The summed E-state index contributed by atoms with van der Waals surface area (Å²) in [6.45, 7) is 5.29. The topological polar surface area (TPSA) is 59.6 Å². The third-order valence-electron chi connectivity index (χ3n) is 3.37. The van der Waals surface area contributed by atoms with Gasteiger partial charge in [-0.1, -0.05) is 25.3 Å². The zero-order chi connectivity index (χ0) is 14.6. The molecule has 0 aromatic heterocycles. The molecular formula is C15H28N2O3. The summed E-state index contributed by atoms with van der Waals surface area (Å²) in [4.78, 5) is 11.6. The Morgan fingerprint density at radius 2 is 1.85 bits per heavy atom. The zero-order valence-electron chi connectivity index (χ0n) is 12.7. The van der Waals surface area contributed by atoms with Gasteiger partial charge in [-0.25, -0.2) is 4.79 Å². The van der Waals surface area contributed by atoms with Crippen molar-refractivity contribution in [2.45, 2.75) is 52.2 Å². The minimum absolute atomic E-state index is 0.221. The van der Waals surface area contributed by atoms with Crippen LogP contribution in [0, 0.1) is 5.92 Å². The molecule has 1 aliphatic rings. The number of hydrogen-bond donors (Lipinski definition) is 2. The van der Waals surface area contributed by atoms with Gasteiger partial charge in [-0.15, -0.1) is 0 Å². The summed E-state index contributed by atoms with van der Waals surface area (Å²) in [7, 11) is 0. The monoisotopic (exact) mass is 284 g/mol. The van der Waals surface area contributed by atoms with Crippen LogP contribution in [0.5, 0.6) is 0 Å².